The molecule has 0 fully saturated rings. The molecule has 0 bridgehead atoms. The molecule has 5 nitrogen and oxygen atoms in total. The fourth-order valence-electron chi connectivity index (χ4n) is 2.33. The molecule has 0 aliphatic heterocycles. The molecule has 0 saturated carbocycles. The summed E-state index contributed by atoms with van der Waals surface area (Å²) in [4.78, 5) is 13.9. The van der Waals surface area contributed by atoms with Gasteiger partial charge in [0.05, 0.1) is 6.10 Å². The topological polar surface area (TPSA) is 64.6 Å². The molecule has 1 rings (SSSR count). The van der Waals surface area contributed by atoms with E-state index in [1.165, 1.54) is 0 Å². The molecule has 2 atom stereocenters. The van der Waals surface area contributed by atoms with Crippen LogP contribution in [0.3, 0.4) is 0 Å². The molecule has 124 valence electrons. The molecule has 0 aliphatic carbocycles. The van der Waals surface area contributed by atoms with Gasteiger partial charge in [0.25, 0.3) is 0 Å². The van der Waals surface area contributed by atoms with Gasteiger partial charge in [0.1, 0.15) is 0 Å². The van der Waals surface area contributed by atoms with Crippen LogP contribution in [0.2, 0.25) is 0 Å². The Bertz CT molecular complexity index is 487. The number of hydrogen-bond donors (Lipinski definition) is 3. The molecular formula is C17H29N3O2. The van der Waals surface area contributed by atoms with Crippen LogP contribution >= 0.6 is 0 Å². The van der Waals surface area contributed by atoms with E-state index in [0.29, 0.717) is 19.5 Å². The highest BCUT2D eigenvalue weighted by Crippen LogP contribution is 2.17. The number of aryl methyl sites for hydroxylation is 1. The molecule has 0 spiro atoms. The quantitative estimate of drug-likeness (QED) is 0.724. The lowest BCUT2D eigenvalue weighted by Crippen LogP contribution is -2.38. The Hall–Kier alpha value is -1.75. The summed E-state index contributed by atoms with van der Waals surface area (Å²) in [6.07, 6.45) is 0.350. The van der Waals surface area contributed by atoms with Crippen LogP contribution in [0.25, 0.3) is 0 Å². The molecule has 22 heavy (non-hydrogen) atoms. The Labute approximate surface area is 133 Å². The highest BCUT2D eigenvalue weighted by atomic mass is 16.3. The summed E-state index contributed by atoms with van der Waals surface area (Å²) in [5.74, 6) is 0.256. The van der Waals surface area contributed by atoms with Gasteiger partial charge in [0, 0.05) is 32.9 Å². The van der Waals surface area contributed by atoms with Crippen molar-refractivity contribution < 1.29 is 9.90 Å². The van der Waals surface area contributed by atoms with Crippen LogP contribution in [-0.2, 0) is 6.54 Å². The molecule has 1 aromatic rings. The third-order valence-electron chi connectivity index (χ3n) is 3.64. The van der Waals surface area contributed by atoms with Crippen LogP contribution in [0.15, 0.2) is 18.2 Å². The van der Waals surface area contributed by atoms with Crippen molar-refractivity contribution >= 4 is 11.7 Å². The second-order valence-corrected chi connectivity index (χ2v) is 6.26. The van der Waals surface area contributed by atoms with Crippen LogP contribution in [0.5, 0.6) is 0 Å². The van der Waals surface area contributed by atoms with Crippen molar-refractivity contribution in [3.63, 3.8) is 0 Å². The van der Waals surface area contributed by atoms with Gasteiger partial charge in [-0.05, 0) is 49.4 Å². The van der Waals surface area contributed by atoms with E-state index >= 15 is 0 Å². The first kappa shape index (κ1) is 18.3. The van der Waals surface area contributed by atoms with Crippen LogP contribution in [-0.4, -0.2) is 37.9 Å². The molecule has 0 aromatic heterocycles. The minimum absolute atomic E-state index is 0.173. The molecule has 0 saturated heterocycles. The van der Waals surface area contributed by atoms with E-state index < -0.39 is 0 Å². The average molecular weight is 307 g/mol. The molecule has 0 aliphatic rings. The summed E-state index contributed by atoms with van der Waals surface area (Å²) in [7, 11) is 4.02. The molecular weight excluding hydrogens is 278 g/mol. The fraction of sp³-hybridized carbons (Fsp3) is 0.588. The van der Waals surface area contributed by atoms with E-state index in [4.69, 9.17) is 0 Å². The summed E-state index contributed by atoms with van der Waals surface area (Å²) in [5.41, 5.74) is 3.42. The maximum Gasteiger partial charge on any atom is 0.315 e. The molecule has 1 aromatic carbocycles. The number of carbonyl (C=O) groups excluding carboxylic acids is 1. The summed E-state index contributed by atoms with van der Waals surface area (Å²) in [6, 6.07) is 6.03. The van der Waals surface area contributed by atoms with Crippen LogP contribution in [0.1, 0.15) is 31.4 Å². The number of carbonyl (C=O) groups is 1. The number of nitrogens with zero attached hydrogens (tertiary/aromatic N) is 1. The largest absolute Gasteiger partial charge is 0.393 e. The summed E-state index contributed by atoms with van der Waals surface area (Å²) < 4.78 is 0. The molecule has 2 unspecified atom stereocenters. The zero-order valence-electron chi connectivity index (χ0n) is 14.3. The Morgan fingerprint density at radius 3 is 2.50 bits per heavy atom. The normalized spacial score (nSPS) is 13.4. The highest BCUT2D eigenvalue weighted by molar-refractivity contribution is 5.73. The van der Waals surface area contributed by atoms with E-state index in [-0.39, 0.29) is 18.1 Å². The van der Waals surface area contributed by atoms with Crippen molar-refractivity contribution in [3.05, 3.63) is 29.3 Å². The molecule has 2 amide bonds. The lowest BCUT2D eigenvalue weighted by Gasteiger charge is -2.16. The smallest absolute Gasteiger partial charge is 0.315 e. The molecule has 3 N–H and O–H groups in total. The zero-order chi connectivity index (χ0) is 16.7. The Morgan fingerprint density at radius 2 is 1.95 bits per heavy atom. The predicted octanol–water partition coefficient (Wildman–Crippen LogP) is 2.27. The second-order valence-electron chi connectivity index (χ2n) is 6.26. The fourth-order valence-corrected chi connectivity index (χ4v) is 2.33. The lowest BCUT2D eigenvalue weighted by atomic mass is 10.1. The number of urea groups is 1. The summed E-state index contributed by atoms with van der Waals surface area (Å²) >= 11 is 0. The van der Waals surface area contributed by atoms with Crippen molar-refractivity contribution in [3.8, 4) is 0 Å². The van der Waals surface area contributed by atoms with E-state index in [1.807, 2.05) is 40.1 Å². The average Bonchev–Trinajstić information content (AvgIpc) is 2.42. The van der Waals surface area contributed by atoms with Gasteiger partial charge in [-0.25, -0.2) is 4.79 Å². The molecule has 0 heterocycles. The Kier molecular flexibility index (Phi) is 7.18. The van der Waals surface area contributed by atoms with Gasteiger partial charge in [-0.3, -0.25) is 0 Å². The number of amides is 2. The number of aliphatic hydroxyl groups excluding tert-OH is 1. The monoisotopic (exact) mass is 307 g/mol. The van der Waals surface area contributed by atoms with Crippen LogP contribution in [0, 0.1) is 12.8 Å². The third kappa shape index (κ3) is 6.35. The first-order valence-corrected chi connectivity index (χ1v) is 7.76. The minimum Gasteiger partial charge on any atom is -0.393 e. The van der Waals surface area contributed by atoms with E-state index in [0.717, 1.165) is 16.8 Å². The van der Waals surface area contributed by atoms with Crippen molar-refractivity contribution in [1.29, 1.82) is 0 Å². The highest BCUT2D eigenvalue weighted by Gasteiger charge is 2.08. The SMILES string of the molecule is Cc1cc(N(C)C)ccc1CNC(=O)NCC(C)CC(C)O. The number of nitrogens with one attached hydrogen (secondary N) is 2. The standard InChI is InChI=1S/C17H29N3O2/c1-12(8-14(3)21)10-18-17(22)19-11-15-6-7-16(20(4)5)9-13(15)2/h6-7,9,12,14,21H,8,10-11H2,1-5H3,(H2,18,19,22). The minimum atomic E-state index is -0.335. The van der Waals surface area contributed by atoms with E-state index in [2.05, 4.69) is 21.6 Å². The van der Waals surface area contributed by atoms with Gasteiger partial charge in [-0.1, -0.05) is 13.0 Å². The van der Waals surface area contributed by atoms with Crippen molar-refractivity contribution in [2.24, 2.45) is 5.92 Å². The lowest BCUT2D eigenvalue weighted by molar-refractivity contribution is 0.163. The molecule has 0 radical (unpaired) electrons. The molecule has 5 heteroatoms. The van der Waals surface area contributed by atoms with Gasteiger partial charge in [-0.15, -0.1) is 0 Å². The maximum absolute atomic E-state index is 11.8. The Balaban J connectivity index is 2.41. The van der Waals surface area contributed by atoms with Crippen molar-refractivity contribution in [2.75, 3.05) is 25.5 Å². The van der Waals surface area contributed by atoms with E-state index in [9.17, 15) is 9.90 Å². The van der Waals surface area contributed by atoms with Gasteiger partial charge < -0.3 is 20.6 Å². The van der Waals surface area contributed by atoms with Crippen molar-refractivity contribution in [2.45, 2.75) is 39.8 Å². The first-order chi connectivity index (χ1) is 10.3. The van der Waals surface area contributed by atoms with Gasteiger partial charge in [0.2, 0.25) is 0 Å². The Morgan fingerprint density at radius 1 is 1.27 bits per heavy atom. The van der Waals surface area contributed by atoms with Gasteiger partial charge in [-0.2, -0.15) is 0 Å². The zero-order valence-corrected chi connectivity index (χ0v) is 14.3. The van der Waals surface area contributed by atoms with E-state index in [1.54, 1.807) is 6.92 Å². The number of aliphatic hydroxyl groups is 1. The summed E-state index contributed by atoms with van der Waals surface area (Å²) in [6.45, 7) is 6.89. The van der Waals surface area contributed by atoms with Crippen LogP contribution in [0.4, 0.5) is 10.5 Å². The number of anilines is 1. The second kappa shape index (κ2) is 8.63. The maximum atomic E-state index is 11.8. The predicted molar refractivity (Wildman–Crippen MR) is 91.2 cm³/mol. The van der Waals surface area contributed by atoms with Crippen molar-refractivity contribution in [1.82, 2.24) is 10.6 Å². The van der Waals surface area contributed by atoms with Crippen LogP contribution < -0.4 is 15.5 Å². The number of benzene rings is 1. The van der Waals surface area contributed by atoms with Gasteiger partial charge >= 0.3 is 6.03 Å². The summed E-state index contributed by atoms with van der Waals surface area (Å²) in [5, 5.41) is 15.0. The van der Waals surface area contributed by atoms with Gasteiger partial charge in [0.15, 0.2) is 0 Å². The number of rotatable bonds is 7. The first-order valence-electron chi connectivity index (χ1n) is 7.76. The third-order valence-corrected chi connectivity index (χ3v) is 3.64. The number of hydrogen-bond acceptors (Lipinski definition) is 3.